The summed E-state index contributed by atoms with van der Waals surface area (Å²) in [6.45, 7) is 11.7. The Morgan fingerprint density at radius 2 is 1.95 bits per heavy atom. The van der Waals surface area contributed by atoms with Gasteiger partial charge in [-0.2, -0.15) is 0 Å². The fourth-order valence-electron chi connectivity index (χ4n) is 2.38. The van der Waals surface area contributed by atoms with Crippen LogP contribution in [0.3, 0.4) is 0 Å². The molecule has 0 aliphatic rings. The van der Waals surface area contributed by atoms with E-state index in [1.54, 1.807) is 0 Å². The summed E-state index contributed by atoms with van der Waals surface area (Å²) in [5.41, 5.74) is 5.91. The standard InChI is InChI=1S/C16H21BrN2/c1-6-18-13-8-12(9(2)3)19-14-7-10(4)16(17)11(5)15(13)14/h7-9H,6H2,1-5H3,(H,18,19). The third-order valence-electron chi connectivity index (χ3n) is 3.43. The number of benzene rings is 1. The molecule has 0 atom stereocenters. The molecule has 0 amide bonds. The van der Waals surface area contributed by atoms with Crippen LogP contribution in [0.1, 0.15) is 43.5 Å². The average Bonchev–Trinajstić information content (AvgIpc) is 2.35. The van der Waals surface area contributed by atoms with Gasteiger partial charge >= 0.3 is 0 Å². The first-order valence-electron chi connectivity index (χ1n) is 6.79. The van der Waals surface area contributed by atoms with E-state index >= 15 is 0 Å². The van der Waals surface area contributed by atoms with E-state index in [-0.39, 0.29) is 0 Å². The second-order valence-electron chi connectivity index (χ2n) is 5.31. The molecule has 19 heavy (non-hydrogen) atoms. The van der Waals surface area contributed by atoms with Crippen LogP contribution in [0.25, 0.3) is 10.9 Å². The van der Waals surface area contributed by atoms with Crippen molar-refractivity contribution in [2.24, 2.45) is 0 Å². The number of hydrogen-bond acceptors (Lipinski definition) is 2. The lowest BCUT2D eigenvalue weighted by molar-refractivity contribution is 0.830. The average molecular weight is 321 g/mol. The molecule has 0 unspecified atom stereocenters. The molecule has 1 heterocycles. The van der Waals surface area contributed by atoms with Gasteiger partial charge in [-0.05, 0) is 49.9 Å². The van der Waals surface area contributed by atoms with Crippen molar-refractivity contribution in [2.75, 3.05) is 11.9 Å². The van der Waals surface area contributed by atoms with Crippen LogP contribution in [0.15, 0.2) is 16.6 Å². The molecule has 2 aromatic rings. The van der Waals surface area contributed by atoms with Crippen LogP contribution >= 0.6 is 15.9 Å². The smallest absolute Gasteiger partial charge is 0.0732 e. The Bertz CT molecular complexity index is 618. The van der Waals surface area contributed by atoms with Crippen molar-refractivity contribution in [1.82, 2.24) is 4.98 Å². The normalized spacial score (nSPS) is 11.3. The molecule has 0 radical (unpaired) electrons. The Morgan fingerprint density at radius 1 is 1.26 bits per heavy atom. The minimum Gasteiger partial charge on any atom is -0.385 e. The Labute approximate surface area is 123 Å². The summed E-state index contributed by atoms with van der Waals surface area (Å²) in [4.78, 5) is 4.82. The number of nitrogens with zero attached hydrogens (tertiary/aromatic N) is 1. The number of aryl methyl sites for hydroxylation is 2. The molecule has 0 bridgehead atoms. The molecular weight excluding hydrogens is 300 g/mol. The molecule has 1 aromatic heterocycles. The molecule has 1 aromatic carbocycles. The first-order chi connectivity index (χ1) is 8.95. The van der Waals surface area contributed by atoms with Crippen molar-refractivity contribution >= 4 is 32.5 Å². The van der Waals surface area contributed by atoms with Crippen LogP contribution in [0, 0.1) is 13.8 Å². The first-order valence-corrected chi connectivity index (χ1v) is 7.59. The second-order valence-corrected chi connectivity index (χ2v) is 6.10. The van der Waals surface area contributed by atoms with Gasteiger partial charge in [0.1, 0.15) is 0 Å². The summed E-state index contributed by atoms with van der Waals surface area (Å²) in [5.74, 6) is 0.436. The van der Waals surface area contributed by atoms with Gasteiger partial charge in [0, 0.05) is 27.8 Å². The van der Waals surface area contributed by atoms with E-state index in [0.29, 0.717) is 5.92 Å². The predicted octanol–water partition coefficient (Wildman–Crippen LogP) is 5.17. The van der Waals surface area contributed by atoms with Gasteiger partial charge in [0.25, 0.3) is 0 Å². The van der Waals surface area contributed by atoms with Crippen molar-refractivity contribution in [2.45, 2.75) is 40.5 Å². The third kappa shape index (κ3) is 2.62. The largest absolute Gasteiger partial charge is 0.385 e. The van der Waals surface area contributed by atoms with Crippen LogP contribution in [-0.2, 0) is 0 Å². The zero-order valence-electron chi connectivity index (χ0n) is 12.3. The predicted molar refractivity (Wildman–Crippen MR) is 87.2 cm³/mol. The summed E-state index contributed by atoms with van der Waals surface area (Å²) in [6, 6.07) is 4.35. The van der Waals surface area contributed by atoms with Crippen LogP contribution in [0.2, 0.25) is 0 Å². The van der Waals surface area contributed by atoms with Gasteiger partial charge < -0.3 is 5.32 Å². The lowest BCUT2D eigenvalue weighted by Gasteiger charge is -2.16. The van der Waals surface area contributed by atoms with Gasteiger partial charge in [-0.3, -0.25) is 4.98 Å². The van der Waals surface area contributed by atoms with Gasteiger partial charge in [-0.25, -0.2) is 0 Å². The molecule has 0 fully saturated rings. The van der Waals surface area contributed by atoms with Gasteiger partial charge in [-0.1, -0.05) is 29.8 Å². The maximum absolute atomic E-state index is 4.82. The van der Waals surface area contributed by atoms with Gasteiger partial charge in [0.15, 0.2) is 0 Å². The number of fused-ring (bicyclic) bond motifs is 1. The number of rotatable bonds is 3. The van der Waals surface area contributed by atoms with Crippen molar-refractivity contribution in [1.29, 1.82) is 0 Å². The zero-order valence-corrected chi connectivity index (χ0v) is 13.9. The van der Waals surface area contributed by atoms with Crippen molar-refractivity contribution in [3.8, 4) is 0 Å². The molecule has 3 heteroatoms. The fourth-order valence-corrected chi connectivity index (χ4v) is 2.70. The highest BCUT2D eigenvalue weighted by molar-refractivity contribution is 9.10. The summed E-state index contributed by atoms with van der Waals surface area (Å²) in [6.07, 6.45) is 0. The number of hydrogen-bond donors (Lipinski definition) is 1. The summed E-state index contributed by atoms with van der Waals surface area (Å²) >= 11 is 3.68. The number of halogens is 1. The lowest BCUT2D eigenvalue weighted by atomic mass is 10.0. The number of nitrogens with one attached hydrogen (secondary N) is 1. The maximum Gasteiger partial charge on any atom is 0.0732 e. The number of aromatic nitrogens is 1. The highest BCUT2D eigenvalue weighted by Crippen LogP contribution is 2.34. The summed E-state index contributed by atoms with van der Waals surface area (Å²) < 4.78 is 1.18. The summed E-state index contributed by atoms with van der Waals surface area (Å²) in [7, 11) is 0. The molecule has 0 aliphatic heterocycles. The van der Waals surface area contributed by atoms with Crippen LogP contribution in [0.5, 0.6) is 0 Å². The molecule has 0 saturated carbocycles. The van der Waals surface area contributed by atoms with Crippen molar-refractivity contribution < 1.29 is 0 Å². The van der Waals surface area contributed by atoms with E-state index in [9.17, 15) is 0 Å². The monoisotopic (exact) mass is 320 g/mol. The molecule has 0 spiro atoms. The van der Waals surface area contributed by atoms with Gasteiger partial charge in [0.05, 0.1) is 5.52 Å². The SMILES string of the molecule is CCNc1cc(C(C)C)nc2cc(C)c(Br)c(C)c12. The van der Waals surface area contributed by atoms with E-state index in [0.717, 1.165) is 17.8 Å². The van der Waals surface area contributed by atoms with Crippen molar-refractivity contribution in [3.05, 3.63) is 33.4 Å². The minimum atomic E-state index is 0.436. The Hall–Kier alpha value is -1.09. The van der Waals surface area contributed by atoms with E-state index in [4.69, 9.17) is 4.98 Å². The van der Waals surface area contributed by atoms with Crippen LogP contribution in [0.4, 0.5) is 5.69 Å². The van der Waals surface area contributed by atoms with E-state index < -0.39 is 0 Å². The molecule has 2 rings (SSSR count). The molecule has 0 saturated heterocycles. The first kappa shape index (κ1) is 14.3. The zero-order chi connectivity index (χ0) is 14.2. The Balaban J connectivity index is 2.83. The molecular formula is C16H21BrN2. The molecule has 0 aliphatic carbocycles. The van der Waals surface area contributed by atoms with Gasteiger partial charge in [-0.15, -0.1) is 0 Å². The Morgan fingerprint density at radius 3 is 2.53 bits per heavy atom. The maximum atomic E-state index is 4.82. The minimum absolute atomic E-state index is 0.436. The van der Waals surface area contributed by atoms with Crippen molar-refractivity contribution in [3.63, 3.8) is 0 Å². The van der Waals surface area contributed by atoms with Crippen LogP contribution < -0.4 is 5.32 Å². The number of pyridine rings is 1. The third-order valence-corrected chi connectivity index (χ3v) is 4.65. The van der Waals surface area contributed by atoms with E-state index in [1.165, 1.54) is 26.7 Å². The van der Waals surface area contributed by atoms with Gasteiger partial charge in [0.2, 0.25) is 0 Å². The second kappa shape index (κ2) is 5.49. The molecule has 2 nitrogen and oxygen atoms in total. The summed E-state index contributed by atoms with van der Waals surface area (Å²) in [5, 5.41) is 4.70. The number of anilines is 1. The highest BCUT2D eigenvalue weighted by atomic mass is 79.9. The van der Waals surface area contributed by atoms with E-state index in [2.05, 4.69) is 68.0 Å². The Kier molecular flexibility index (Phi) is 4.14. The quantitative estimate of drug-likeness (QED) is 0.843. The lowest BCUT2D eigenvalue weighted by Crippen LogP contribution is -2.03. The fraction of sp³-hybridized carbons (Fsp3) is 0.438. The van der Waals surface area contributed by atoms with Crippen LogP contribution in [-0.4, -0.2) is 11.5 Å². The van der Waals surface area contributed by atoms with E-state index in [1.807, 2.05) is 0 Å². The highest BCUT2D eigenvalue weighted by Gasteiger charge is 2.13. The molecule has 1 N–H and O–H groups in total. The topological polar surface area (TPSA) is 24.9 Å². The molecule has 102 valence electrons.